The number of H-pyrrole nitrogens is 1. The number of rotatable bonds is 1. The molecule has 1 aliphatic heterocycles. The average Bonchev–Trinajstić information content (AvgIpc) is 2.86. The summed E-state index contributed by atoms with van der Waals surface area (Å²) >= 11 is 6.43. The number of hydrogen-bond acceptors (Lipinski definition) is 1. The van der Waals surface area contributed by atoms with Crippen molar-refractivity contribution < 1.29 is 0 Å². The van der Waals surface area contributed by atoms with Crippen LogP contribution in [0.3, 0.4) is 0 Å². The number of aryl methyl sites for hydroxylation is 2. The van der Waals surface area contributed by atoms with Gasteiger partial charge in [-0.25, -0.2) is 0 Å². The quantitative estimate of drug-likeness (QED) is 0.671. The highest BCUT2D eigenvalue weighted by atomic mass is 35.5. The zero-order chi connectivity index (χ0) is 15.3. The third-order valence-electron chi connectivity index (χ3n) is 4.60. The van der Waals surface area contributed by atoms with E-state index in [2.05, 4.69) is 48.4 Å². The Labute approximate surface area is 135 Å². The molecule has 4 rings (SSSR count). The third kappa shape index (κ3) is 2.06. The largest absolute Gasteiger partial charge is 0.357 e. The molecular formula is C19H19ClN2. The molecule has 2 heterocycles. The lowest BCUT2D eigenvalue weighted by molar-refractivity contribution is 0.560. The lowest BCUT2D eigenvalue weighted by atomic mass is 9.93. The number of nitrogens with one attached hydrogen (secondary N) is 2. The van der Waals surface area contributed by atoms with Crippen LogP contribution >= 0.6 is 11.6 Å². The van der Waals surface area contributed by atoms with Crippen LogP contribution in [0, 0.1) is 13.8 Å². The van der Waals surface area contributed by atoms with Crippen LogP contribution in [0.25, 0.3) is 10.9 Å². The summed E-state index contributed by atoms with van der Waals surface area (Å²) in [5.41, 5.74) is 7.74. The van der Waals surface area contributed by atoms with E-state index in [0.717, 1.165) is 23.6 Å². The van der Waals surface area contributed by atoms with E-state index in [1.165, 1.54) is 33.3 Å². The van der Waals surface area contributed by atoms with Gasteiger partial charge in [-0.1, -0.05) is 35.9 Å². The van der Waals surface area contributed by atoms with Gasteiger partial charge in [0.1, 0.15) is 0 Å². The molecule has 0 radical (unpaired) electrons. The van der Waals surface area contributed by atoms with Gasteiger partial charge in [0.15, 0.2) is 0 Å². The summed E-state index contributed by atoms with van der Waals surface area (Å²) < 4.78 is 0. The zero-order valence-corrected chi connectivity index (χ0v) is 13.6. The fourth-order valence-corrected chi connectivity index (χ4v) is 3.99. The molecule has 2 N–H and O–H groups in total. The lowest BCUT2D eigenvalue weighted by Gasteiger charge is -2.25. The number of fused-ring (bicyclic) bond motifs is 3. The van der Waals surface area contributed by atoms with Crippen molar-refractivity contribution in [1.82, 2.24) is 10.3 Å². The number of halogens is 1. The summed E-state index contributed by atoms with van der Waals surface area (Å²) in [5.74, 6) is 0. The van der Waals surface area contributed by atoms with E-state index >= 15 is 0 Å². The molecule has 1 unspecified atom stereocenters. The summed E-state index contributed by atoms with van der Waals surface area (Å²) in [6, 6.07) is 12.8. The van der Waals surface area contributed by atoms with Crippen LogP contribution in [0.1, 0.15) is 34.0 Å². The third-order valence-corrected chi connectivity index (χ3v) is 4.95. The van der Waals surface area contributed by atoms with Crippen molar-refractivity contribution in [1.29, 1.82) is 0 Å². The summed E-state index contributed by atoms with van der Waals surface area (Å²) in [4.78, 5) is 3.65. The molecule has 1 aromatic heterocycles. The van der Waals surface area contributed by atoms with Gasteiger partial charge in [0.2, 0.25) is 0 Å². The normalized spacial score (nSPS) is 17.7. The fourth-order valence-electron chi connectivity index (χ4n) is 3.75. The Hall–Kier alpha value is -1.77. The van der Waals surface area contributed by atoms with Gasteiger partial charge < -0.3 is 10.3 Å². The fraction of sp³-hybridized carbons (Fsp3) is 0.263. The second kappa shape index (κ2) is 5.15. The Morgan fingerprint density at radius 2 is 1.95 bits per heavy atom. The number of hydrogen-bond donors (Lipinski definition) is 2. The van der Waals surface area contributed by atoms with Crippen molar-refractivity contribution in [3.63, 3.8) is 0 Å². The minimum absolute atomic E-state index is 0.143. The zero-order valence-electron chi connectivity index (χ0n) is 12.8. The van der Waals surface area contributed by atoms with E-state index in [1.54, 1.807) is 0 Å². The van der Waals surface area contributed by atoms with Gasteiger partial charge in [0.05, 0.1) is 6.04 Å². The molecule has 0 spiro atoms. The Bertz CT molecular complexity index is 863. The van der Waals surface area contributed by atoms with Crippen molar-refractivity contribution in [3.8, 4) is 0 Å². The van der Waals surface area contributed by atoms with Crippen molar-refractivity contribution in [3.05, 3.63) is 69.4 Å². The van der Waals surface area contributed by atoms with Gasteiger partial charge in [-0.15, -0.1) is 0 Å². The SMILES string of the molecule is Cc1cc(C)c2c3c([nH]c2c1)C(c1ccccc1Cl)NCC3. The molecule has 1 atom stereocenters. The summed E-state index contributed by atoms with van der Waals surface area (Å²) in [5, 5.41) is 5.82. The Morgan fingerprint density at radius 3 is 2.77 bits per heavy atom. The maximum Gasteiger partial charge on any atom is 0.0746 e. The van der Waals surface area contributed by atoms with Gasteiger partial charge in [-0.2, -0.15) is 0 Å². The first kappa shape index (κ1) is 13.9. The van der Waals surface area contributed by atoms with Gasteiger partial charge in [-0.3, -0.25) is 0 Å². The minimum Gasteiger partial charge on any atom is -0.357 e. The second-order valence-electron chi connectivity index (χ2n) is 6.18. The molecule has 2 aromatic carbocycles. The van der Waals surface area contributed by atoms with E-state index in [4.69, 9.17) is 11.6 Å². The van der Waals surface area contributed by atoms with Crippen molar-refractivity contribution >= 4 is 22.5 Å². The van der Waals surface area contributed by atoms with Gasteiger partial charge in [0, 0.05) is 28.2 Å². The van der Waals surface area contributed by atoms with Gasteiger partial charge >= 0.3 is 0 Å². The molecule has 1 aliphatic rings. The molecule has 2 nitrogen and oxygen atoms in total. The molecule has 3 aromatic rings. The summed E-state index contributed by atoms with van der Waals surface area (Å²) in [7, 11) is 0. The molecule has 3 heteroatoms. The van der Waals surface area contributed by atoms with Crippen molar-refractivity contribution in [2.24, 2.45) is 0 Å². The van der Waals surface area contributed by atoms with Gasteiger partial charge in [0.25, 0.3) is 0 Å². The first-order valence-electron chi connectivity index (χ1n) is 7.74. The van der Waals surface area contributed by atoms with E-state index in [9.17, 15) is 0 Å². The molecule has 0 aliphatic carbocycles. The van der Waals surface area contributed by atoms with Crippen LogP contribution < -0.4 is 5.32 Å². The Morgan fingerprint density at radius 1 is 1.14 bits per heavy atom. The first-order valence-corrected chi connectivity index (χ1v) is 8.12. The predicted molar refractivity (Wildman–Crippen MR) is 92.8 cm³/mol. The maximum atomic E-state index is 6.43. The highest BCUT2D eigenvalue weighted by Crippen LogP contribution is 2.37. The van der Waals surface area contributed by atoms with E-state index in [-0.39, 0.29) is 6.04 Å². The molecule has 22 heavy (non-hydrogen) atoms. The van der Waals surface area contributed by atoms with Crippen LogP contribution in [0.4, 0.5) is 0 Å². The van der Waals surface area contributed by atoms with Crippen LogP contribution in [-0.4, -0.2) is 11.5 Å². The molecule has 0 fully saturated rings. The number of benzene rings is 2. The average molecular weight is 311 g/mol. The van der Waals surface area contributed by atoms with Crippen molar-refractivity contribution in [2.75, 3.05) is 6.54 Å². The lowest BCUT2D eigenvalue weighted by Crippen LogP contribution is -2.30. The van der Waals surface area contributed by atoms with Crippen LogP contribution in [0.2, 0.25) is 5.02 Å². The van der Waals surface area contributed by atoms with Crippen LogP contribution in [0.5, 0.6) is 0 Å². The maximum absolute atomic E-state index is 6.43. The first-order chi connectivity index (χ1) is 10.6. The van der Waals surface area contributed by atoms with Crippen molar-refractivity contribution in [2.45, 2.75) is 26.3 Å². The molecule has 0 amide bonds. The second-order valence-corrected chi connectivity index (χ2v) is 6.59. The van der Waals surface area contributed by atoms with Crippen LogP contribution in [0.15, 0.2) is 36.4 Å². The minimum atomic E-state index is 0.143. The predicted octanol–water partition coefficient (Wildman–Crippen LogP) is 4.67. The smallest absolute Gasteiger partial charge is 0.0746 e. The highest BCUT2D eigenvalue weighted by Gasteiger charge is 2.27. The number of aromatic nitrogens is 1. The number of aromatic amines is 1. The monoisotopic (exact) mass is 310 g/mol. The Kier molecular flexibility index (Phi) is 3.24. The molecule has 0 saturated carbocycles. The molecule has 112 valence electrons. The summed E-state index contributed by atoms with van der Waals surface area (Å²) in [6.45, 7) is 5.33. The Balaban J connectivity index is 1.96. The van der Waals surface area contributed by atoms with E-state index in [1.807, 2.05) is 12.1 Å². The highest BCUT2D eigenvalue weighted by molar-refractivity contribution is 6.31. The van der Waals surface area contributed by atoms with Gasteiger partial charge in [-0.05, 0) is 54.7 Å². The van der Waals surface area contributed by atoms with E-state index < -0.39 is 0 Å². The molecule has 0 saturated heterocycles. The topological polar surface area (TPSA) is 27.8 Å². The standard InChI is InChI=1S/C19H19ClN2/c1-11-9-12(2)17-14-7-8-21-18(19(14)22-16(17)10-11)13-5-3-4-6-15(13)20/h3-6,9-10,18,21-22H,7-8H2,1-2H3. The molecular weight excluding hydrogens is 292 g/mol. The molecule has 0 bridgehead atoms. The van der Waals surface area contributed by atoms with Crippen LogP contribution in [-0.2, 0) is 6.42 Å². The van der Waals surface area contributed by atoms with E-state index in [0.29, 0.717) is 0 Å². The summed E-state index contributed by atoms with van der Waals surface area (Å²) in [6.07, 6.45) is 1.06.